The zero-order chi connectivity index (χ0) is 14.4. The smallest absolute Gasteiger partial charge is 0.250 e. The van der Waals surface area contributed by atoms with E-state index in [2.05, 4.69) is 0 Å². The largest absolute Gasteiger partial charge is 0.311 e. The molecule has 0 heterocycles. The number of aldehydes is 1. The van der Waals surface area contributed by atoms with E-state index < -0.39 is 0 Å². The minimum absolute atomic E-state index is 0.178. The highest BCUT2D eigenvalue weighted by Gasteiger charge is 2.11. The Kier molecular flexibility index (Phi) is 4.45. The number of para-hydroxylation sites is 1. The maximum absolute atomic E-state index is 12.1. The molecule has 3 nitrogen and oxygen atoms in total. The van der Waals surface area contributed by atoms with Crippen LogP contribution in [0.2, 0.25) is 0 Å². The predicted molar refractivity (Wildman–Crippen MR) is 80.7 cm³/mol. The van der Waals surface area contributed by atoms with E-state index in [1.165, 1.54) is 11.0 Å². The standard InChI is InChI=1S/C17H15NO2/c1-18(16-10-6-5-9-15(16)13-19)17(20)12-11-14-7-3-2-4-8-14/h2-13H,1H3/b12-11+. The van der Waals surface area contributed by atoms with Gasteiger partial charge in [-0.3, -0.25) is 9.59 Å². The third-order valence-electron chi connectivity index (χ3n) is 2.97. The van der Waals surface area contributed by atoms with Crippen LogP contribution in [0, 0.1) is 0 Å². The van der Waals surface area contributed by atoms with Crippen LogP contribution in [0.4, 0.5) is 5.69 Å². The summed E-state index contributed by atoms with van der Waals surface area (Å²) in [5, 5.41) is 0. The van der Waals surface area contributed by atoms with Crippen molar-refractivity contribution >= 4 is 24.0 Å². The number of nitrogens with zero attached hydrogens (tertiary/aromatic N) is 1. The molecule has 0 N–H and O–H groups in total. The van der Waals surface area contributed by atoms with E-state index in [0.717, 1.165) is 11.8 Å². The van der Waals surface area contributed by atoms with Crippen LogP contribution < -0.4 is 4.90 Å². The van der Waals surface area contributed by atoms with Gasteiger partial charge in [0, 0.05) is 18.7 Å². The van der Waals surface area contributed by atoms with Gasteiger partial charge in [-0.2, -0.15) is 0 Å². The highest BCUT2D eigenvalue weighted by atomic mass is 16.2. The maximum atomic E-state index is 12.1. The first-order valence-electron chi connectivity index (χ1n) is 6.27. The Morgan fingerprint density at radius 1 is 1.00 bits per heavy atom. The van der Waals surface area contributed by atoms with Crippen molar-refractivity contribution in [3.63, 3.8) is 0 Å². The monoisotopic (exact) mass is 265 g/mol. The summed E-state index contributed by atoms with van der Waals surface area (Å²) in [6.07, 6.45) is 4.00. The second kappa shape index (κ2) is 6.48. The van der Waals surface area contributed by atoms with Crippen LogP contribution in [0.1, 0.15) is 15.9 Å². The number of benzene rings is 2. The lowest BCUT2D eigenvalue weighted by molar-refractivity contribution is -0.113. The average Bonchev–Trinajstić information content (AvgIpc) is 2.52. The van der Waals surface area contributed by atoms with Crippen molar-refractivity contribution in [2.24, 2.45) is 0 Å². The number of likely N-dealkylation sites (N-methyl/N-ethyl adjacent to an activating group) is 1. The van der Waals surface area contributed by atoms with Gasteiger partial charge in [-0.05, 0) is 23.8 Å². The second-order valence-electron chi connectivity index (χ2n) is 4.32. The van der Waals surface area contributed by atoms with E-state index in [1.807, 2.05) is 30.3 Å². The molecule has 0 saturated heterocycles. The molecule has 0 bridgehead atoms. The summed E-state index contributed by atoms with van der Waals surface area (Å²) in [6.45, 7) is 0. The molecule has 0 aromatic heterocycles. The number of hydrogen-bond donors (Lipinski definition) is 0. The Balaban J connectivity index is 2.17. The van der Waals surface area contributed by atoms with Crippen molar-refractivity contribution in [1.29, 1.82) is 0 Å². The number of hydrogen-bond acceptors (Lipinski definition) is 2. The van der Waals surface area contributed by atoms with Gasteiger partial charge in [0.05, 0.1) is 5.69 Å². The zero-order valence-electron chi connectivity index (χ0n) is 11.2. The maximum Gasteiger partial charge on any atom is 0.250 e. The summed E-state index contributed by atoms with van der Waals surface area (Å²) < 4.78 is 0. The first kappa shape index (κ1) is 13.7. The van der Waals surface area contributed by atoms with E-state index in [-0.39, 0.29) is 5.91 Å². The van der Waals surface area contributed by atoms with Crippen LogP contribution in [-0.2, 0) is 4.79 Å². The van der Waals surface area contributed by atoms with Crippen LogP contribution in [0.5, 0.6) is 0 Å². The first-order chi connectivity index (χ1) is 9.72. The molecule has 0 aliphatic heterocycles. The molecular formula is C17H15NO2. The Hall–Kier alpha value is -2.68. The lowest BCUT2D eigenvalue weighted by Crippen LogP contribution is -2.25. The molecule has 0 aliphatic carbocycles. The number of carbonyl (C=O) groups excluding carboxylic acids is 2. The van der Waals surface area contributed by atoms with Crippen LogP contribution in [0.3, 0.4) is 0 Å². The summed E-state index contributed by atoms with van der Waals surface area (Å²) in [6, 6.07) is 16.6. The van der Waals surface area contributed by atoms with Gasteiger partial charge in [0.2, 0.25) is 0 Å². The first-order valence-corrected chi connectivity index (χ1v) is 6.27. The summed E-state index contributed by atoms with van der Waals surface area (Å²) in [5.41, 5.74) is 2.06. The lowest BCUT2D eigenvalue weighted by Gasteiger charge is -2.16. The van der Waals surface area contributed by atoms with Crippen molar-refractivity contribution in [3.05, 3.63) is 71.8 Å². The molecule has 2 aromatic rings. The van der Waals surface area contributed by atoms with Gasteiger partial charge in [-0.1, -0.05) is 42.5 Å². The van der Waals surface area contributed by atoms with Crippen molar-refractivity contribution in [2.45, 2.75) is 0 Å². The molecule has 3 heteroatoms. The van der Waals surface area contributed by atoms with Crippen molar-refractivity contribution in [3.8, 4) is 0 Å². The molecule has 0 unspecified atom stereocenters. The van der Waals surface area contributed by atoms with E-state index in [4.69, 9.17) is 0 Å². The number of carbonyl (C=O) groups is 2. The second-order valence-corrected chi connectivity index (χ2v) is 4.32. The number of anilines is 1. The van der Waals surface area contributed by atoms with Crippen LogP contribution in [-0.4, -0.2) is 19.2 Å². The van der Waals surface area contributed by atoms with Gasteiger partial charge < -0.3 is 4.90 Å². The van der Waals surface area contributed by atoms with Gasteiger partial charge in [-0.25, -0.2) is 0 Å². The quantitative estimate of drug-likeness (QED) is 0.629. The normalized spacial score (nSPS) is 10.4. The molecule has 0 spiro atoms. The Morgan fingerprint density at radius 3 is 2.35 bits per heavy atom. The fourth-order valence-corrected chi connectivity index (χ4v) is 1.85. The van der Waals surface area contributed by atoms with Crippen LogP contribution >= 0.6 is 0 Å². The van der Waals surface area contributed by atoms with Crippen molar-refractivity contribution in [1.82, 2.24) is 0 Å². The van der Waals surface area contributed by atoms with Crippen LogP contribution in [0.15, 0.2) is 60.7 Å². The molecule has 0 atom stereocenters. The Labute approximate surface area is 118 Å². The Morgan fingerprint density at radius 2 is 1.65 bits per heavy atom. The molecule has 0 saturated carbocycles. The molecule has 0 aliphatic rings. The molecule has 2 aromatic carbocycles. The number of amides is 1. The third-order valence-corrected chi connectivity index (χ3v) is 2.97. The van der Waals surface area contributed by atoms with Gasteiger partial charge in [0.15, 0.2) is 6.29 Å². The van der Waals surface area contributed by atoms with Crippen molar-refractivity contribution in [2.75, 3.05) is 11.9 Å². The SMILES string of the molecule is CN(C(=O)/C=C/c1ccccc1)c1ccccc1C=O. The molecule has 0 fully saturated rings. The van der Waals surface area contributed by atoms with E-state index >= 15 is 0 Å². The highest BCUT2D eigenvalue weighted by Crippen LogP contribution is 2.17. The summed E-state index contributed by atoms with van der Waals surface area (Å²) >= 11 is 0. The fraction of sp³-hybridized carbons (Fsp3) is 0.0588. The summed E-state index contributed by atoms with van der Waals surface area (Å²) in [7, 11) is 1.65. The third kappa shape index (κ3) is 3.20. The van der Waals surface area contributed by atoms with Gasteiger partial charge >= 0.3 is 0 Å². The van der Waals surface area contributed by atoms with Gasteiger partial charge in [0.1, 0.15) is 0 Å². The molecule has 1 amide bonds. The molecule has 0 radical (unpaired) electrons. The van der Waals surface area contributed by atoms with Gasteiger partial charge in [0.25, 0.3) is 5.91 Å². The van der Waals surface area contributed by atoms with Crippen molar-refractivity contribution < 1.29 is 9.59 Å². The van der Waals surface area contributed by atoms with E-state index in [1.54, 1.807) is 37.4 Å². The molecule has 2 rings (SSSR count). The summed E-state index contributed by atoms with van der Waals surface area (Å²) in [4.78, 5) is 24.5. The summed E-state index contributed by atoms with van der Waals surface area (Å²) in [5.74, 6) is -0.178. The average molecular weight is 265 g/mol. The van der Waals surface area contributed by atoms with E-state index in [9.17, 15) is 9.59 Å². The molecule has 100 valence electrons. The zero-order valence-corrected chi connectivity index (χ0v) is 11.2. The Bertz CT molecular complexity index is 632. The van der Waals surface area contributed by atoms with Crippen LogP contribution in [0.25, 0.3) is 6.08 Å². The minimum Gasteiger partial charge on any atom is -0.311 e. The molecule has 20 heavy (non-hydrogen) atoms. The topological polar surface area (TPSA) is 37.4 Å². The molecular weight excluding hydrogens is 250 g/mol. The minimum atomic E-state index is -0.178. The predicted octanol–water partition coefficient (Wildman–Crippen LogP) is 3.18. The van der Waals surface area contributed by atoms with Gasteiger partial charge in [-0.15, -0.1) is 0 Å². The fourth-order valence-electron chi connectivity index (χ4n) is 1.85. The van der Waals surface area contributed by atoms with E-state index in [0.29, 0.717) is 11.3 Å². The number of rotatable bonds is 4. The lowest BCUT2D eigenvalue weighted by atomic mass is 10.1. The highest BCUT2D eigenvalue weighted by molar-refractivity contribution is 6.05.